The molecule has 1 aromatic heterocycles. The van der Waals surface area contributed by atoms with E-state index in [1.165, 1.54) is 0 Å². The lowest BCUT2D eigenvalue weighted by Crippen LogP contribution is -2.38. The fourth-order valence-electron chi connectivity index (χ4n) is 1.79. The molecule has 96 valence electrons. The van der Waals surface area contributed by atoms with Crippen molar-refractivity contribution in [2.75, 3.05) is 13.1 Å². The van der Waals surface area contributed by atoms with Crippen molar-refractivity contribution in [1.82, 2.24) is 10.6 Å². The number of amides is 1. The first-order valence-corrected chi connectivity index (χ1v) is 7.04. The Labute approximate surface area is 120 Å². The van der Waals surface area contributed by atoms with Crippen molar-refractivity contribution in [2.45, 2.75) is 25.3 Å². The molecule has 0 spiro atoms. The van der Waals surface area contributed by atoms with Crippen molar-refractivity contribution < 1.29 is 4.79 Å². The standard InChI is InChI=1S/C11H15BrN2OS.ClH/c1-7(9-2-3-10(12)16-9)11(15)14-8-4-5-13-6-8;/h2-3,7-8,13H,4-6H2,1H3,(H,14,15);1H. The van der Waals surface area contributed by atoms with Gasteiger partial charge >= 0.3 is 0 Å². The molecule has 0 saturated carbocycles. The maximum atomic E-state index is 12.0. The molecule has 2 atom stereocenters. The van der Waals surface area contributed by atoms with Gasteiger partial charge in [-0.1, -0.05) is 0 Å². The molecular formula is C11H16BrClN2OS. The summed E-state index contributed by atoms with van der Waals surface area (Å²) in [5.74, 6) is 0.0694. The van der Waals surface area contributed by atoms with E-state index in [4.69, 9.17) is 0 Å². The second kappa shape index (κ2) is 6.73. The van der Waals surface area contributed by atoms with Crippen molar-refractivity contribution >= 4 is 45.6 Å². The SMILES string of the molecule is CC(C(=O)NC1CCNC1)c1ccc(Br)s1.Cl. The van der Waals surface area contributed by atoms with Crippen LogP contribution in [0.3, 0.4) is 0 Å². The summed E-state index contributed by atoms with van der Waals surface area (Å²) < 4.78 is 1.07. The molecule has 17 heavy (non-hydrogen) atoms. The molecule has 0 radical (unpaired) electrons. The van der Waals surface area contributed by atoms with Crippen LogP contribution in [0.15, 0.2) is 15.9 Å². The van der Waals surface area contributed by atoms with Crippen LogP contribution in [0, 0.1) is 0 Å². The van der Waals surface area contributed by atoms with Crippen LogP contribution < -0.4 is 10.6 Å². The number of carbonyl (C=O) groups excluding carboxylic acids is 1. The summed E-state index contributed by atoms with van der Waals surface area (Å²) in [6.07, 6.45) is 1.03. The zero-order chi connectivity index (χ0) is 11.5. The first-order valence-electron chi connectivity index (χ1n) is 5.43. The Bertz CT molecular complexity index is 379. The zero-order valence-corrected chi connectivity index (χ0v) is 12.8. The number of thiophene rings is 1. The largest absolute Gasteiger partial charge is 0.351 e. The highest BCUT2D eigenvalue weighted by Crippen LogP contribution is 2.28. The van der Waals surface area contributed by atoms with Crippen molar-refractivity contribution in [1.29, 1.82) is 0 Å². The van der Waals surface area contributed by atoms with Gasteiger partial charge < -0.3 is 10.6 Å². The highest BCUT2D eigenvalue weighted by Gasteiger charge is 2.22. The van der Waals surface area contributed by atoms with E-state index < -0.39 is 0 Å². The fourth-order valence-corrected chi connectivity index (χ4v) is 3.27. The van der Waals surface area contributed by atoms with E-state index in [0.717, 1.165) is 28.2 Å². The topological polar surface area (TPSA) is 41.1 Å². The van der Waals surface area contributed by atoms with Crippen LogP contribution in [0.25, 0.3) is 0 Å². The van der Waals surface area contributed by atoms with Crippen LogP contribution in [-0.4, -0.2) is 25.0 Å². The van der Waals surface area contributed by atoms with Gasteiger partial charge in [-0.3, -0.25) is 4.79 Å². The van der Waals surface area contributed by atoms with Gasteiger partial charge in [0.2, 0.25) is 5.91 Å². The van der Waals surface area contributed by atoms with Crippen molar-refractivity contribution in [3.8, 4) is 0 Å². The minimum Gasteiger partial charge on any atom is -0.351 e. The fraction of sp³-hybridized carbons (Fsp3) is 0.545. The van der Waals surface area contributed by atoms with Crippen LogP contribution in [0.2, 0.25) is 0 Å². The Morgan fingerprint density at radius 3 is 2.94 bits per heavy atom. The minimum atomic E-state index is -0.0584. The van der Waals surface area contributed by atoms with Gasteiger partial charge in [-0.2, -0.15) is 0 Å². The van der Waals surface area contributed by atoms with Gasteiger partial charge in [-0.15, -0.1) is 23.7 Å². The number of carbonyl (C=O) groups is 1. The molecule has 0 bridgehead atoms. The summed E-state index contributed by atoms with van der Waals surface area (Å²) in [7, 11) is 0. The molecule has 2 N–H and O–H groups in total. The maximum Gasteiger partial charge on any atom is 0.228 e. The number of hydrogen-bond acceptors (Lipinski definition) is 3. The zero-order valence-electron chi connectivity index (χ0n) is 9.53. The van der Waals surface area contributed by atoms with Crippen LogP contribution in [-0.2, 0) is 4.79 Å². The third-order valence-electron chi connectivity index (χ3n) is 2.82. The van der Waals surface area contributed by atoms with E-state index in [1.807, 2.05) is 19.1 Å². The number of hydrogen-bond donors (Lipinski definition) is 2. The van der Waals surface area contributed by atoms with Gasteiger partial charge in [0.15, 0.2) is 0 Å². The summed E-state index contributed by atoms with van der Waals surface area (Å²) in [6, 6.07) is 4.30. The first-order chi connectivity index (χ1) is 7.66. The third kappa shape index (κ3) is 3.95. The number of rotatable bonds is 3. The van der Waals surface area contributed by atoms with Crippen LogP contribution in [0.5, 0.6) is 0 Å². The third-order valence-corrected chi connectivity index (χ3v) is 4.63. The van der Waals surface area contributed by atoms with Gasteiger partial charge in [0.1, 0.15) is 0 Å². The molecule has 3 nitrogen and oxygen atoms in total. The van der Waals surface area contributed by atoms with Gasteiger partial charge in [0.05, 0.1) is 9.70 Å². The summed E-state index contributed by atoms with van der Waals surface area (Å²) in [6.45, 7) is 3.85. The summed E-state index contributed by atoms with van der Waals surface area (Å²) in [5.41, 5.74) is 0. The Hall–Kier alpha value is -0.100. The molecule has 6 heteroatoms. The van der Waals surface area contributed by atoms with Crippen molar-refractivity contribution in [3.63, 3.8) is 0 Å². The van der Waals surface area contributed by atoms with Crippen LogP contribution in [0.1, 0.15) is 24.1 Å². The Morgan fingerprint density at radius 2 is 2.41 bits per heavy atom. The molecule has 1 aromatic rings. The van der Waals surface area contributed by atoms with Crippen molar-refractivity contribution in [3.05, 3.63) is 20.8 Å². The first kappa shape index (κ1) is 15.0. The predicted molar refractivity (Wildman–Crippen MR) is 77.1 cm³/mol. The molecule has 0 aliphatic carbocycles. The molecule has 2 heterocycles. The summed E-state index contributed by atoms with van der Waals surface area (Å²) >= 11 is 5.04. The molecule has 2 rings (SSSR count). The van der Waals surface area contributed by atoms with Crippen LogP contribution >= 0.6 is 39.7 Å². The van der Waals surface area contributed by atoms with E-state index in [9.17, 15) is 4.79 Å². The van der Waals surface area contributed by atoms with Gasteiger partial charge in [-0.25, -0.2) is 0 Å². The van der Waals surface area contributed by atoms with Crippen LogP contribution in [0.4, 0.5) is 0 Å². The molecule has 2 unspecified atom stereocenters. The average molecular weight is 340 g/mol. The highest BCUT2D eigenvalue weighted by molar-refractivity contribution is 9.11. The van der Waals surface area contributed by atoms with Gasteiger partial charge in [-0.05, 0) is 48.0 Å². The summed E-state index contributed by atoms with van der Waals surface area (Å²) in [5, 5.41) is 6.32. The number of nitrogens with one attached hydrogen (secondary N) is 2. The molecule has 1 fully saturated rings. The second-order valence-corrected chi connectivity index (χ2v) is 6.56. The van der Waals surface area contributed by atoms with Gasteiger partial charge in [0, 0.05) is 17.5 Å². The molecular weight excluding hydrogens is 324 g/mol. The lowest BCUT2D eigenvalue weighted by atomic mass is 10.1. The Balaban J connectivity index is 0.00000144. The molecule has 1 saturated heterocycles. The Morgan fingerprint density at radius 1 is 1.65 bits per heavy atom. The quantitative estimate of drug-likeness (QED) is 0.888. The molecule has 0 aromatic carbocycles. The summed E-state index contributed by atoms with van der Waals surface area (Å²) in [4.78, 5) is 13.1. The van der Waals surface area contributed by atoms with E-state index in [2.05, 4.69) is 26.6 Å². The average Bonchev–Trinajstić information content (AvgIpc) is 2.88. The molecule has 1 amide bonds. The van der Waals surface area contributed by atoms with E-state index in [-0.39, 0.29) is 24.2 Å². The monoisotopic (exact) mass is 338 g/mol. The lowest BCUT2D eigenvalue weighted by molar-refractivity contribution is -0.122. The molecule has 1 aliphatic heterocycles. The normalized spacial score (nSPS) is 20.7. The van der Waals surface area contributed by atoms with E-state index >= 15 is 0 Å². The molecule has 1 aliphatic rings. The van der Waals surface area contributed by atoms with Crippen molar-refractivity contribution in [2.24, 2.45) is 0 Å². The smallest absolute Gasteiger partial charge is 0.228 e. The van der Waals surface area contributed by atoms with E-state index in [0.29, 0.717) is 6.04 Å². The van der Waals surface area contributed by atoms with Gasteiger partial charge in [0.25, 0.3) is 0 Å². The number of halogens is 2. The lowest BCUT2D eigenvalue weighted by Gasteiger charge is -2.15. The minimum absolute atomic E-state index is 0. The second-order valence-electron chi connectivity index (χ2n) is 4.06. The predicted octanol–water partition coefficient (Wildman–Crippen LogP) is 2.51. The highest BCUT2D eigenvalue weighted by atomic mass is 79.9. The van der Waals surface area contributed by atoms with E-state index in [1.54, 1.807) is 11.3 Å². The maximum absolute atomic E-state index is 12.0. The Kier molecular flexibility index (Phi) is 5.92.